The van der Waals surface area contributed by atoms with Gasteiger partial charge in [0.25, 0.3) is 0 Å². The summed E-state index contributed by atoms with van der Waals surface area (Å²) in [5.41, 5.74) is 3.17. The average molecular weight is 629 g/mol. The third-order valence-electron chi connectivity index (χ3n) is 8.14. The zero-order chi connectivity index (χ0) is 26.9. The molecule has 2 amide bonds. The molecule has 1 N–H and O–H groups in total. The number of alkyl halides is 1. The average Bonchev–Trinajstić information content (AvgIpc) is 2.83. The lowest BCUT2D eigenvalue weighted by atomic mass is 9.96. The van der Waals surface area contributed by atoms with Gasteiger partial charge in [0.2, 0.25) is 11.8 Å². The molecule has 2 saturated heterocycles. The van der Waals surface area contributed by atoms with Crippen LogP contribution in [0.5, 0.6) is 0 Å². The lowest BCUT2D eigenvalue weighted by molar-refractivity contribution is -0.130. The number of carbonyl (C=O) groups is 2. The second kappa shape index (κ2) is 15.0. The van der Waals surface area contributed by atoms with Crippen molar-refractivity contribution in [1.82, 2.24) is 19.6 Å². The highest BCUT2D eigenvalue weighted by atomic mass is 127. The molecular weight excluding hydrogens is 579 g/mol. The molecule has 0 bridgehead atoms. The first-order valence-electron chi connectivity index (χ1n) is 14.3. The summed E-state index contributed by atoms with van der Waals surface area (Å²) in [5.74, 6) is 0.983. The fraction of sp³-hybridized carbons (Fsp3) is 0.793. The van der Waals surface area contributed by atoms with Gasteiger partial charge in [-0.05, 0) is 51.1 Å². The van der Waals surface area contributed by atoms with Crippen LogP contribution in [-0.4, -0.2) is 112 Å². The second-order valence-electron chi connectivity index (χ2n) is 11.6. The van der Waals surface area contributed by atoms with Gasteiger partial charge in [-0.3, -0.25) is 19.4 Å². The molecule has 0 spiro atoms. The number of nitrogens with zero attached hydrogens (tertiary/aromatic N) is 4. The molecule has 7 nitrogen and oxygen atoms in total. The molecule has 3 rings (SSSR count). The number of β-amino-alcohol motifs (C(OH)–C–C–N with tert-alkyl or cyclic N) is 1. The highest BCUT2D eigenvalue weighted by molar-refractivity contribution is 14.1. The smallest absolute Gasteiger partial charge is 0.249 e. The normalized spacial score (nSPS) is 27.0. The molecule has 0 aromatic rings. The molecule has 0 aliphatic carbocycles. The maximum atomic E-state index is 13.2. The number of hydrogen-bond donors (Lipinski definition) is 1. The first-order chi connectivity index (χ1) is 17.6. The van der Waals surface area contributed by atoms with E-state index in [2.05, 4.69) is 52.3 Å². The van der Waals surface area contributed by atoms with Gasteiger partial charge in [0, 0.05) is 75.3 Å². The van der Waals surface area contributed by atoms with E-state index in [0.717, 1.165) is 69.3 Å². The van der Waals surface area contributed by atoms with Crippen LogP contribution in [0.15, 0.2) is 22.8 Å². The molecule has 3 heterocycles. The number of halogens is 1. The van der Waals surface area contributed by atoms with Gasteiger partial charge in [-0.25, -0.2) is 0 Å². The Morgan fingerprint density at radius 3 is 2.49 bits per heavy atom. The molecule has 0 aromatic heterocycles. The summed E-state index contributed by atoms with van der Waals surface area (Å²) in [7, 11) is 0. The molecule has 210 valence electrons. The van der Waals surface area contributed by atoms with Crippen molar-refractivity contribution >= 4 is 34.4 Å². The molecule has 0 aromatic carbocycles. The second-order valence-corrected chi connectivity index (χ2v) is 13.4. The van der Waals surface area contributed by atoms with Gasteiger partial charge in [0.05, 0.1) is 6.10 Å². The SMILES string of the molecule is CC(=O)N1CCN(C/C(C)=C/C2=C(C)C(=O)N(C[C@H](O)CN3CCCCC[C@@H](C)CC(I)C3)CC2)CC1. The summed E-state index contributed by atoms with van der Waals surface area (Å²) in [4.78, 5) is 33.3. The molecule has 3 atom stereocenters. The number of aliphatic hydroxyl groups is 1. The third kappa shape index (κ3) is 9.93. The molecule has 3 aliphatic heterocycles. The Balaban J connectivity index is 1.50. The molecule has 3 aliphatic rings. The van der Waals surface area contributed by atoms with Crippen molar-refractivity contribution < 1.29 is 14.7 Å². The van der Waals surface area contributed by atoms with Crippen molar-refractivity contribution in [3.8, 4) is 0 Å². The van der Waals surface area contributed by atoms with Crippen LogP contribution in [0.4, 0.5) is 0 Å². The number of rotatable bonds is 7. The van der Waals surface area contributed by atoms with Crippen LogP contribution in [0.1, 0.15) is 66.2 Å². The van der Waals surface area contributed by atoms with Gasteiger partial charge < -0.3 is 14.9 Å². The predicted octanol–water partition coefficient (Wildman–Crippen LogP) is 3.71. The minimum Gasteiger partial charge on any atom is -0.390 e. The predicted molar refractivity (Wildman–Crippen MR) is 159 cm³/mol. The van der Waals surface area contributed by atoms with Gasteiger partial charge in [0.15, 0.2) is 0 Å². The minimum absolute atomic E-state index is 0.0565. The number of allylic oxidation sites excluding steroid dienone is 1. The monoisotopic (exact) mass is 628 g/mol. The summed E-state index contributed by atoms with van der Waals surface area (Å²) in [6.45, 7) is 16.1. The fourth-order valence-corrected chi connectivity index (χ4v) is 7.40. The number of aliphatic hydroxyl groups excluding tert-OH is 1. The van der Waals surface area contributed by atoms with E-state index in [0.29, 0.717) is 23.6 Å². The zero-order valence-corrected chi connectivity index (χ0v) is 25.7. The van der Waals surface area contributed by atoms with E-state index in [1.54, 1.807) is 6.92 Å². The van der Waals surface area contributed by atoms with Crippen LogP contribution in [0.3, 0.4) is 0 Å². The van der Waals surface area contributed by atoms with Gasteiger partial charge in [-0.1, -0.05) is 60.4 Å². The molecule has 8 heteroatoms. The Labute approximate surface area is 238 Å². The van der Waals surface area contributed by atoms with Crippen molar-refractivity contribution in [3.05, 3.63) is 22.8 Å². The van der Waals surface area contributed by atoms with E-state index in [9.17, 15) is 14.7 Å². The zero-order valence-electron chi connectivity index (χ0n) is 23.6. The van der Waals surface area contributed by atoms with E-state index in [1.807, 2.05) is 16.7 Å². The van der Waals surface area contributed by atoms with Crippen molar-refractivity contribution in [3.63, 3.8) is 0 Å². The lowest BCUT2D eigenvalue weighted by Gasteiger charge is -2.35. The molecule has 0 radical (unpaired) electrons. The Bertz CT molecular complexity index is 837. The Morgan fingerprint density at radius 2 is 1.78 bits per heavy atom. The van der Waals surface area contributed by atoms with E-state index >= 15 is 0 Å². The lowest BCUT2D eigenvalue weighted by Crippen LogP contribution is -2.48. The van der Waals surface area contributed by atoms with Gasteiger partial charge in [-0.2, -0.15) is 0 Å². The largest absolute Gasteiger partial charge is 0.390 e. The summed E-state index contributed by atoms with van der Waals surface area (Å²) in [6.07, 6.45) is 8.83. The van der Waals surface area contributed by atoms with Crippen LogP contribution >= 0.6 is 22.6 Å². The summed E-state index contributed by atoms with van der Waals surface area (Å²) in [5, 5.41) is 10.9. The Morgan fingerprint density at radius 1 is 1.05 bits per heavy atom. The molecule has 37 heavy (non-hydrogen) atoms. The quantitative estimate of drug-likeness (QED) is 0.344. The third-order valence-corrected chi connectivity index (χ3v) is 9.04. The van der Waals surface area contributed by atoms with Gasteiger partial charge >= 0.3 is 0 Å². The number of carbonyl (C=O) groups excluding carboxylic acids is 2. The maximum Gasteiger partial charge on any atom is 0.249 e. The standard InChI is InChI=1S/C29H49IN4O3/c1-22-8-6-5-7-10-32(19-27(30)17-22)20-28(36)21-34-11-9-26(24(3)29(34)37)16-23(2)18-31-12-14-33(15-13-31)25(4)35/h16,22,27-28,36H,5-15,17-21H2,1-4H3/b23-16+/t22-,27?,28-/m1/s1. The van der Waals surface area contributed by atoms with Crippen LogP contribution in [-0.2, 0) is 9.59 Å². The summed E-state index contributed by atoms with van der Waals surface area (Å²) in [6, 6.07) is 0. The number of amides is 2. The van der Waals surface area contributed by atoms with Crippen molar-refractivity contribution in [2.75, 3.05) is 65.4 Å². The van der Waals surface area contributed by atoms with E-state index in [4.69, 9.17) is 0 Å². The van der Waals surface area contributed by atoms with Crippen molar-refractivity contribution in [2.24, 2.45) is 5.92 Å². The summed E-state index contributed by atoms with van der Waals surface area (Å²) >= 11 is 2.58. The first-order valence-corrected chi connectivity index (χ1v) is 15.6. The summed E-state index contributed by atoms with van der Waals surface area (Å²) < 4.78 is 0.607. The van der Waals surface area contributed by atoms with Crippen LogP contribution in [0, 0.1) is 5.92 Å². The Hall–Kier alpha value is -0.970. The fourth-order valence-electron chi connectivity index (χ4n) is 5.97. The van der Waals surface area contributed by atoms with E-state index < -0.39 is 6.10 Å². The van der Waals surface area contributed by atoms with Crippen molar-refractivity contribution in [2.45, 2.75) is 76.2 Å². The maximum absolute atomic E-state index is 13.2. The van der Waals surface area contributed by atoms with Crippen molar-refractivity contribution in [1.29, 1.82) is 0 Å². The van der Waals surface area contributed by atoms with Crippen LogP contribution in [0.2, 0.25) is 0 Å². The Kier molecular flexibility index (Phi) is 12.4. The topological polar surface area (TPSA) is 67.3 Å². The highest BCUT2D eigenvalue weighted by Gasteiger charge is 2.27. The van der Waals surface area contributed by atoms with Gasteiger partial charge in [-0.15, -0.1) is 0 Å². The van der Waals surface area contributed by atoms with E-state index in [1.165, 1.54) is 37.7 Å². The number of piperazine rings is 1. The van der Waals surface area contributed by atoms with Crippen LogP contribution in [0.25, 0.3) is 0 Å². The van der Waals surface area contributed by atoms with Crippen LogP contribution < -0.4 is 0 Å². The van der Waals surface area contributed by atoms with Gasteiger partial charge in [0.1, 0.15) is 0 Å². The molecule has 2 fully saturated rings. The van der Waals surface area contributed by atoms with E-state index in [-0.39, 0.29) is 11.8 Å². The molecule has 0 saturated carbocycles. The number of hydrogen-bond acceptors (Lipinski definition) is 5. The molecular formula is C29H49IN4O3. The molecule has 1 unspecified atom stereocenters. The highest BCUT2D eigenvalue weighted by Crippen LogP contribution is 2.24. The first kappa shape index (κ1) is 30.6. The minimum atomic E-state index is -0.520.